The molecule has 0 radical (unpaired) electrons. The maximum Gasteiger partial charge on any atom is 0.251 e. The molecule has 1 aromatic carbocycles. The van der Waals surface area contributed by atoms with Crippen molar-refractivity contribution in [2.45, 2.75) is 25.7 Å². The number of nitrogens with two attached hydrogens (primary N) is 1. The second kappa shape index (κ2) is 5.53. The van der Waals surface area contributed by atoms with Gasteiger partial charge in [-0.2, -0.15) is 0 Å². The molecule has 3 N–H and O–H groups in total. The summed E-state index contributed by atoms with van der Waals surface area (Å²) in [6.07, 6.45) is 6.91. The zero-order valence-electron chi connectivity index (χ0n) is 9.91. The van der Waals surface area contributed by atoms with Crippen molar-refractivity contribution in [2.24, 2.45) is 0 Å². The minimum absolute atomic E-state index is 0.0244. The van der Waals surface area contributed by atoms with Gasteiger partial charge in [0.05, 0.1) is 0 Å². The summed E-state index contributed by atoms with van der Waals surface area (Å²) in [6, 6.07) is 6.99. The van der Waals surface area contributed by atoms with Crippen LogP contribution in [0.25, 0.3) is 0 Å². The zero-order valence-corrected chi connectivity index (χ0v) is 9.91. The summed E-state index contributed by atoms with van der Waals surface area (Å²) in [7, 11) is 0. The third kappa shape index (κ3) is 3.34. The highest BCUT2D eigenvalue weighted by Crippen LogP contribution is 2.19. The number of nitrogen functional groups attached to an aromatic ring is 1. The van der Waals surface area contributed by atoms with Crippen LogP contribution in [0.5, 0.6) is 0 Å². The molecule has 1 aromatic rings. The first-order chi connectivity index (χ1) is 8.25. The van der Waals surface area contributed by atoms with Crippen molar-refractivity contribution in [1.29, 1.82) is 0 Å². The fourth-order valence-corrected chi connectivity index (χ4v) is 2.04. The molecule has 3 heteroatoms. The number of benzene rings is 1. The predicted octanol–water partition coefficient (Wildman–Crippen LogP) is 2.50. The van der Waals surface area contributed by atoms with Crippen LogP contribution in [-0.4, -0.2) is 12.5 Å². The monoisotopic (exact) mass is 230 g/mol. The summed E-state index contributed by atoms with van der Waals surface area (Å²) in [5, 5.41) is 2.92. The molecule has 1 amide bonds. The predicted molar refractivity (Wildman–Crippen MR) is 69.7 cm³/mol. The van der Waals surface area contributed by atoms with Gasteiger partial charge in [-0.3, -0.25) is 4.79 Å². The molecule has 0 spiro atoms. The van der Waals surface area contributed by atoms with E-state index in [4.69, 9.17) is 5.73 Å². The number of anilines is 1. The van der Waals surface area contributed by atoms with Gasteiger partial charge < -0.3 is 11.1 Å². The molecule has 0 unspecified atom stereocenters. The van der Waals surface area contributed by atoms with E-state index in [0.29, 0.717) is 11.3 Å². The lowest BCUT2D eigenvalue weighted by molar-refractivity contribution is 0.0954. The van der Waals surface area contributed by atoms with Crippen LogP contribution >= 0.6 is 0 Å². The number of allylic oxidation sites excluding steroid dienone is 1. The van der Waals surface area contributed by atoms with Crippen molar-refractivity contribution in [3.8, 4) is 0 Å². The Morgan fingerprint density at radius 3 is 2.71 bits per heavy atom. The second-order valence-corrected chi connectivity index (χ2v) is 4.38. The SMILES string of the molecule is Nc1ccc(C(=O)NCCC2=CCCC2)cc1. The summed E-state index contributed by atoms with van der Waals surface area (Å²) >= 11 is 0. The van der Waals surface area contributed by atoms with Crippen LogP contribution in [-0.2, 0) is 0 Å². The van der Waals surface area contributed by atoms with E-state index in [1.165, 1.54) is 24.8 Å². The summed E-state index contributed by atoms with van der Waals surface area (Å²) in [5.74, 6) is -0.0244. The van der Waals surface area contributed by atoms with Crippen LogP contribution < -0.4 is 11.1 Å². The molecule has 0 heterocycles. The Morgan fingerprint density at radius 1 is 1.29 bits per heavy atom. The number of nitrogens with one attached hydrogen (secondary N) is 1. The van der Waals surface area contributed by atoms with Crippen LogP contribution in [0.2, 0.25) is 0 Å². The molecule has 1 aliphatic carbocycles. The maximum absolute atomic E-state index is 11.8. The van der Waals surface area contributed by atoms with Gasteiger partial charge in [-0.25, -0.2) is 0 Å². The van der Waals surface area contributed by atoms with E-state index in [2.05, 4.69) is 11.4 Å². The fraction of sp³-hybridized carbons (Fsp3) is 0.357. The summed E-state index contributed by atoms with van der Waals surface area (Å²) in [4.78, 5) is 11.8. The van der Waals surface area contributed by atoms with Crippen LogP contribution in [0.15, 0.2) is 35.9 Å². The third-order valence-corrected chi connectivity index (χ3v) is 3.04. The minimum Gasteiger partial charge on any atom is -0.399 e. The van der Waals surface area contributed by atoms with Gasteiger partial charge in [-0.05, 0) is 49.9 Å². The Balaban J connectivity index is 1.79. The molecule has 3 nitrogen and oxygen atoms in total. The van der Waals surface area contributed by atoms with Crippen molar-refractivity contribution in [3.05, 3.63) is 41.5 Å². The standard InChI is InChI=1S/C14H18N2O/c15-13-7-5-12(6-8-13)14(17)16-10-9-11-3-1-2-4-11/h3,5-8H,1-2,4,9-10,15H2,(H,16,17). The Hall–Kier alpha value is -1.77. The van der Waals surface area contributed by atoms with E-state index in [9.17, 15) is 4.79 Å². The number of carbonyl (C=O) groups is 1. The highest BCUT2D eigenvalue weighted by molar-refractivity contribution is 5.94. The lowest BCUT2D eigenvalue weighted by Crippen LogP contribution is -2.24. The number of hydrogen-bond acceptors (Lipinski definition) is 2. The van der Waals surface area contributed by atoms with E-state index >= 15 is 0 Å². The maximum atomic E-state index is 11.8. The quantitative estimate of drug-likeness (QED) is 0.616. The molecule has 0 fully saturated rings. The lowest BCUT2D eigenvalue weighted by atomic mass is 10.1. The summed E-state index contributed by atoms with van der Waals surface area (Å²) in [5.41, 5.74) is 8.39. The molecular weight excluding hydrogens is 212 g/mol. The van der Waals surface area contributed by atoms with Gasteiger partial charge in [0.1, 0.15) is 0 Å². The van der Waals surface area contributed by atoms with Crippen molar-refractivity contribution in [2.75, 3.05) is 12.3 Å². The first kappa shape index (κ1) is 11.7. The lowest BCUT2D eigenvalue weighted by Gasteiger charge is -2.06. The molecule has 2 rings (SSSR count). The Labute approximate surface area is 102 Å². The summed E-state index contributed by atoms with van der Waals surface area (Å²) in [6.45, 7) is 0.717. The molecule has 0 aromatic heterocycles. The number of amides is 1. The number of rotatable bonds is 4. The largest absolute Gasteiger partial charge is 0.399 e. The molecule has 90 valence electrons. The van der Waals surface area contributed by atoms with Crippen molar-refractivity contribution < 1.29 is 4.79 Å². The van der Waals surface area contributed by atoms with Crippen molar-refractivity contribution in [1.82, 2.24) is 5.32 Å². The molecule has 1 aliphatic rings. The molecule has 0 saturated carbocycles. The minimum atomic E-state index is -0.0244. The highest BCUT2D eigenvalue weighted by atomic mass is 16.1. The van der Waals surface area contributed by atoms with Gasteiger partial charge in [0.25, 0.3) is 5.91 Å². The van der Waals surface area contributed by atoms with Gasteiger partial charge in [0, 0.05) is 17.8 Å². The molecule has 0 saturated heterocycles. The highest BCUT2D eigenvalue weighted by Gasteiger charge is 2.07. The van der Waals surface area contributed by atoms with Gasteiger partial charge in [-0.15, -0.1) is 0 Å². The number of carbonyl (C=O) groups excluding carboxylic acids is 1. The van der Waals surface area contributed by atoms with E-state index < -0.39 is 0 Å². The zero-order chi connectivity index (χ0) is 12.1. The van der Waals surface area contributed by atoms with Gasteiger partial charge >= 0.3 is 0 Å². The third-order valence-electron chi connectivity index (χ3n) is 3.04. The first-order valence-corrected chi connectivity index (χ1v) is 6.07. The van der Waals surface area contributed by atoms with E-state index in [-0.39, 0.29) is 5.91 Å². The van der Waals surface area contributed by atoms with E-state index in [0.717, 1.165) is 13.0 Å². The molecular formula is C14H18N2O. The fourth-order valence-electron chi connectivity index (χ4n) is 2.04. The smallest absolute Gasteiger partial charge is 0.251 e. The summed E-state index contributed by atoms with van der Waals surface area (Å²) < 4.78 is 0. The normalized spacial score (nSPS) is 14.5. The van der Waals surface area contributed by atoms with Crippen molar-refractivity contribution in [3.63, 3.8) is 0 Å². The Morgan fingerprint density at radius 2 is 2.06 bits per heavy atom. The van der Waals surface area contributed by atoms with Gasteiger partial charge in [0.15, 0.2) is 0 Å². The van der Waals surface area contributed by atoms with E-state index in [1.54, 1.807) is 24.3 Å². The molecule has 0 aliphatic heterocycles. The molecule has 0 bridgehead atoms. The first-order valence-electron chi connectivity index (χ1n) is 6.07. The Kier molecular flexibility index (Phi) is 3.81. The van der Waals surface area contributed by atoms with Crippen molar-refractivity contribution >= 4 is 11.6 Å². The number of hydrogen-bond donors (Lipinski definition) is 2. The van der Waals surface area contributed by atoms with Gasteiger partial charge in [0.2, 0.25) is 0 Å². The van der Waals surface area contributed by atoms with Crippen LogP contribution in [0.1, 0.15) is 36.0 Å². The molecule has 17 heavy (non-hydrogen) atoms. The van der Waals surface area contributed by atoms with Crippen LogP contribution in [0.3, 0.4) is 0 Å². The average Bonchev–Trinajstić information content (AvgIpc) is 2.83. The Bertz CT molecular complexity index is 420. The second-order valence-electron chi connectivity index (χ2n) is 4.38. The van der Waals surface area contributed by atoms with E-state index in [1.807, 2.05) is 0 Å². The van der Waals surface area contributed by atoms with Crippen LogP contribution in [0, 0.1) is 0 Å². The van der Waals surface area contributed by atoms with Crippen LogP contribution in [0.4, 0.5) is 5.69 Å². The van der Waals surface area contributed by atoms with Gasteiger partial charge in [-0.1, -0.05) is 11.6 Å². The average molecular weight is 230 g/mol. The topological polar surface area (TPSA) is 55.1 Å². The molecule has 0 atom stereocenters.